The lowest BCUT2D eigenvalue weighted by Gasteiger charge is -1.95. The maximum atomic E-state index is 13.4. The second kappa shape index (κ2) is 4.61. The Morgan fingerprint density at radius 3 is 2.94 bits per heavy atom. The molecule has 0 spiro atoms. The summed E-state index contributed by atoms with van der Waals surface area (Å²) in [6.07, 6.45) is 1.11. The van der Waals surface area contributed by atoms with Crippen LogP contribution in [-0.4, -0.2) is 11.1 Å². The summed E-state index contributed by atoms with van der Waals surface area (Å²) in [6, 6.07) is 7.59. The molecule has 0 saturated heterocycles. The van der Waals surface area contributed by atoms with Gasteiger partial charge in [-0.05, 0) is 18.2 Å². The summed E-state index contributed by atoms with van der Waals surface area (Å²) in [5.74, 6) is -0.348. The molecule has 2 rings (SSSR count). The molecule has 0 aliphatic rings. The lowest BCUT2D eigenvalue weighted by atomic mass is 10.1. The topological polar surface area (TPSA) is 55.1 Å². The Balaban J connectivity index is 2.27. The molecule has 0 fully saturated rings. The predicted octanol–water partition coefficient (Wildman–Crippen LogP) is 2.61. The average Bonchev–Trinajstić information content (AvgIpc) is 2.78. The summed E-state index contributed by atoms with van der Waals surface area (Å²) in [4.78, 5) is 11.0. The number of carbonyl (C=O) groups excluding carboxylic acids is 1. The van der Waals surface area contributed by atoms with Crippen molar-refractivity contribution in [3.8, 4) is 11.3 Å². The number of nitrogens with zero attached hydrogens (tertiary/aromatic N) is 1. The average molecular weight is 232 g/mol. The first kappa shape index (κ1) is 11.1. The van der Waals surface area contributed by atoms with E-state index in [-0.39, 0.29) is 11.6 Å². The van der Waals surface area contributed by atoms with Gasteiger partial charge in [-0.15, -0.1) is 0 Å². The highest BCUT2D eigenvalue weighted by molar-refractivity contribution is 5.98. The van der Waals surface area contributed by atoms with E-state index >= 15 is 0 Å². The quantitative estimate of drug-likeness (QED) is 0.827. The van der Waals surface area contributed by atoms with E-state index in [1.54, 1.807) is 18.2 Å². The Hall–Kier alpha value is -2.43. The lowest BCUT2D eigenvalue weighted by Crippen LogP contribution is -2.06. The van der Waals surface area contributed by atoms with Gasteiger partial charge < -0.3 is 9.84 Å². The first-order valence-corrected chi connectivity index (χ1v) is 4.86. The van der Waals surface area contributed by atoms with E-state index in [9.17, 15) is 9.18 Å². The second-order valence-corrected chi connectivity index (χ2v) is 3.25. The number of hydrogen-bond acceptors (Lipinski definition) is 3. The molecule has 0 atom stereocenters. The fraction of sp³-hybridized carbons (Fsp3) is 0. The number of carbonyl (C=O) groups is 1. The van der Waals surface area contributed by atoms with Crippen LogP contribution in [-0.2, 0) is 4.79 Å². The molecule has 5 heteroatoms. The molecular formula is C12H9FN2O2. The number of anilines is 1. The van der Waals surface area contributed by atoms with E-state index in [0.29, 0.717) is 5.56 Å². The maximum absolute atomic E-state index is 13.4. The van der Waals surface area contributed by atoms with Crippen LogP contribution in [0.3, 0.4) is 0 Å². The molecule has 1 amide bonds. The van der Waals surface area contributed by atoms with E-state index in [2.05, 4.69) is 17.1 Å². The van der Waals surface area contributed by atoms with Gasteiger partial charge in [0.2, 0.25) is 5.91 Å². The smallest absolute Gasteiger partial charge is 0.249 e. The molecule has 1 aromatic carbocycles. The molecule has 0 radical (unpaired) electrons. The van der Waals surface area contributed by atoms with Crippen molar-refractivity contribution in [2.75, 3.05) is 5.32 Å². The minimum absolute atomic E-state index is 0.216. The van der Waals surface area contributed by atoms with Crippen molar-refractivity contribution >= 4 is 11.7 Å². The van der Waals surface area contributed by atoms with Crippen molar-refractivity contribution in [3.05, 3.63) is 48.8 Å². The van der Waals surface area contributed by atoms with Crippen molar-refractivity contribution in [1.29, 1.82) is 0 Å². The predicted molar refractivity (Wildman–Crippen MR) is 60.7 cm³/mol. The summed E-state index contributed by atoms with van der Waals surface area (Å²) in [6.45, 7) is 3.31. The van der Waals surface area contributed by atoms with Crippen molar-refractivity contribution < 1.29 is 13.7 Å². The minimum atomic E-state index is -0.412. The van der Waals surface area contributed by atoms with Gasteiger partial charge in [0.25, 0.3) is 0 Å². The Morgan fingerprint density at radius 2 is 2.24 bits per heavy atom. The standard InChI is InChI=1S/C12H9FN2O2/c1-2-12(16)14-11-7-10(17-15-11)8-5-3-4-6-9(8)13/h2-7H,1H2,(H,14,15,16). The molecule has 0 bridgehead atoms. The largest absolute Gasteiger partial charge is 0.354 e. The fourth-order valence-corrected chi connectivity index (χ4v) is 1.30. The number of aromatic nitrogens is 1. The van der Waals surface area contributed by atoms with Gasteiger partial charge >= 0.3 is 0 Å². The van der Waals surface area contributed by atoms with Gasteiger partial charge in [-0.1, -0.05) is 23.9 Å². The van der Waals surface area contributed by atoms with Gasteiger partial charge in [0, 0.05) is 6.07 Å². The molecule has 2 aromatic rings. The van der Waals surface area contributed by atoms with Crippen LogP contribution in [0.25, 0.3) is 11.3 Å². The molecule has 1 heterocycles. The zero-order valence-electron chi connectivity index (χ0n) is 8.81. The van der Waals surface area contributed by atoms with Crippen molar-refractivity contribution in [2.24, 2.45) is 0 Å². The van der Waals surface area contributed by atoms with Gasteiger partial charge in [0.05, 0.1) is 5.56 Å². The van der Waals surface area contributed by atoms with Crippen molar-refractivity contribution in [2.45, 2.75) is 0 Å². The van der Waals surface area contributed by atoms with Gasteiger partial charge in [-0.3, -0.25) is 4.79 Å². The third-order valence-electron chi connectivity index (χ3n) is 2.09. The molecule has 0 aliphatic carbocycles. The normalized spacial score (nSPS) is 9.94. The summed E-state index contributed by atoms with van der Waals surface area (Å²) in [7, 11) is 0. The number of rotatable bonds is 3. The zero-order chi connectivity index (χ0) is 12.3. The molecule has 1 N–H and O–H groups in total. The SMILES string of the molecule is C=CC(=O)Nc1cc(-c2ccccc2F)on1. The van der Waals surface area contributed by atoms with Crippen LogP contribution in [0.2, 0.25) is 0 Å². The Morgan fingerprint density at radius 1 is 1.47 bits per heavy atom. The van der Waals surface area contributed by atoms with Crippen molar-refractivity contribution in [1.82, 2.24) is 5.16 Å². The van der Waals surface area contributed by atoms with Gasteiger partial charge in [-0.25, -0.2) is 4.39 Å². The molecule has 4 nitrogen and oxygen atoms in total. The highest BCUT2D eigenvalue weighted by Gasteiger charge is 2.11. The Labute approximate surface area is 96.7 Å². The summed E-state index contributed by atoms with van der Waals surface area (Å²) < 4.78 is 18.4. The number of amides is 1. The molecule has 0 saturated carbocycles. The van der Waals surface area contributed by atoms with E-state index in [1.165, 1.54) is 12.1 Å². The second-order valence-electron chi connectivity index (χ2n) is 3.25. The van der Waals surface area contributed by atoms with Crippen LogP contribution in [0.5, 0.6) is 0 Å². The van der Waals surface area contributed by atoms with Crippen LogP contribution in [0.4, 0.5) is 10.2 Å². The van der Waals surface area contributed by atoms with E-state index in [1.807, 2.05) is 0 Å². The lowest BCUT2D eigenvalue weighted by molar-refractivity contribution is -0.111. The van der Waals surface area contributed by atoms with Crippen LogP contribution in [0, 0.1) is 5.82 Å². The zero-order valence-corrected chi connectivity index (χ0v) is 8.81. The van der Waals surface area contributed by atoms with Gasteiger partial charge in [-0.2, -0.15) is 0 Å². The monoisotopic (exact) mass is 232 g/mol. The first-order chi connectivity index (χ1) is 8.20. The molecule has 0 unspecified atom stereocenters. The Kier molecular flexibility index (Phi) is 3.00. The van der Waals surface area contributed by atoms with Crippen molar-refractivity contribution in [3.63, 3.8) is 0 Å². The summed E-state index contributed by atoms with van der Waals surface area (Å²) in [5.41, 5.74) is 0.291. The number of hydrogen-bond donors (Lipinski definition) is 1. The summed E-state index contributed by atoms with van der Waals surface area (Å²) >= 11 is 0. The number of benzene rings is 1. The van der Waals surface area contributed by atoms with Crippen LogP contribution >= 0.6 is 0 Å². The van der Waals surface area contributed by atoms with E-state index in [0.717, 1.165) is 6.08 Å². The number of halogens is 1. The first-order valence-electron chi connectivity index (χ1n) is 4.86. The number of nitrogens with one attached hydrogen (secondary N) is 1. The van der Waals surface area contributed by atoms with Gasteiger partial charge in [0.15, 0.2) is 11.6 Å². The third kappa shape index (κ3) is 2.39. The Bertz CT molecular complexity index is 563. The molecular weight excluding hydrogens is 223 g/mol. The highest BCUT2D eigenvalue weighted by Crippen LogP contribution is 2.24. The minimum Gasteiger partial charge on any atom is -0.354 e. The fourth-order valence-electron chi connectivity index (χ4n) is 1.30. The van der Waals surface area contributed by atoms with E-state index < -0.39 is 11.7 Å². The van der Waals surface area contributed by atoms with Crippen LogP contribution in [0.15, 0.2) is 47.5 Å². The van der Waals surface area contributed by atoms with Crippen LogP contribution < -0.4 is 5.32 Å². The maximum Gasteiger partial charge on any atom is 0.249 e. The highest BCUT2D eigenvalue weighted by atomic mass is 19.1. The molecule has 0 aliphatic heterocycles. The summed E-state index contributed by atoms with van der Waals surface area (Å²) in [5, 5.41) is 6.02. The van der Waals surface area contributed by atoms with Crippen LogP contribution in [0.1, 0.15) is 0 Å². The molecule has 1 aromatic heterocycles. The molecule has 17 heavy (non-hydrogen) atoms. The van der Waals surface area contributed by atoms with E-state index in [4.69, 9.17) is 4.52 Å². The van der Waals surface area contributed by atoms with Gasteiger partial charge in [0.1, 0.15) is 5.82 Å². The molecule has 86 valence electrons. The third-order valence-corrected chi connectivity index (χ3v) is 2.09.